The first-order valence-electron chi connectivity index (χ1n) is 5.50. The molecule has 0 aromatic carbocycles. The highest BCUT2D eigenvalue weighted by atomic mass is 35.5. The van der Waals surface area contributed by atoms with Crippen molar-refractivity contribution in [2.24, 2.45) is 0 Å². The van der Waals surface area contributed by atoms with Crippen molar-refractivity contribution in [3.63, 3.8) is 0 Å². The molecule has 0 saturated heterocycles. The number of rotatable bonds is 6. The Hall–Kier alpha value is -0.640. The fourth-order valence-electron chi connectivity index (χ4n) is 1.66. The van der Waals surface area contributed by atoms with E-state index < -0.39 is 0 Å². The highest BCUT2D eigenvalue weighted by Gasteiger charge is 2.12. The van der Waals surface area contributed by atoms with Crippen molar-refractivity contribution in [1.29, 1.82) is 0 Å². The Balaban J connectivity index is 2.59. The first-order valence-corrected chi connectivity index (χ1v) is 5.88. The second kappa shape index (κ2) is 6.84. The van der Waals surface area contributed by atoms with Gasteiger partial charge in [0.2, 0.25) is 0 Å². The molecule has 90 valence electrons. The molecular formula is C12H19ClN2O. The van der Waals surface area contributed by atoms with E-state index in [-0.39, 0.29) is 0 Å². The number of methoxy groups -OCH3 is 1. The van der Waals surface area contributed by atoms with E-state index in [1.807, 2.05) is 18.3 Å². The Kier molecular flexibility index (Phi) is 5.74. The maximum atomic E-state index is 5.75. The predicted molar refractivity (Wildman–Crippen MR) is 66.7 cm³/mol. The summed E-state index contributed by atoms with van der Waals surface area (Å²) in [7, 11) is 1.73. The van der Waals surface area contributed by atoms with Crippen LogP contribution in [0.3, 0.4) is 0 Å². The molecule has 1 unspecified atom stereocenters. The molecule has 0 aliphatic carbocycles. The average Bonchev–Trinajstić information content (AvgIpc) is 2.28. The third kappa shape index (κ3) is 4.08. The zero-order chi connectivity index (χ0) is 12.0. The molecule has 1 aromatic rings. The Bertz CT molecular complexity index is 302. The molecule has 4 heteroatoms. The van der Waals surface area contributed by atoms with Gasteiger partial charge in [0.25, 0.3) is 0 Å². The summed E-state index contributed by atoms with van der Waals surface area (Å²) in [5, 5.41) is 0.539. The van der Waals surface area contributed by atoms with Gasteiger partial charge in [-0.1, -0.05) is 24.6 Å². The lowest BCUT2D eigenvalue weighted by atomic mass is 10.2. The molecule has 3 nitrogen and oxygen atoms in total. The molecule has 1 rings (SSSR count). The van der Waals surface area contributed by atoms with Crippen molar-refractivity contribution in [1.82, 2.24) is 9.88 Å². The normalized spacial score (nSPS) is 13.1. The van der Waals surface area contributed by atoms with E-state index in [0.29, 0.717) is 11.2 Å². The molecular weight excluding hydrogens is 224 g/mol. The molecule has 0 fully saturated rings. The molecule has 0 saturated carbocycles. The van der Waals surface area contributed by atoms with Gasteiger partial charge < -0.3 is 4.74 Å². The van der Waals surface area contributed by atoms with Crippen molar-refractivity contribution in [3.05, 3.63) is 29.0 Å². The highest BCUT2D eigenvalue weighted by Crippen LogP contribution is 2.10. The van der Waals surface area contributed by atoms with Gasteiger partial charge in [-0.15, -0.1) is 0 Å². The first kappa shape index (κ1) is 13.4. The number of aromatic nitrogens is 1. The lowest BCUT2D eigenvalue weighted by Gasteiger charge is -2.27. The zero-order valence-electron chi connectivity index (χ0n) is 10.1. The van der Waals surface area contributed by atoms with Crippen LogP contribution in [0.15, 0.2) is 18.3 Å². The quantitative estimate of drug-likeness (QED) is 0.717. The smallest absolute Gasteiger partial charge is 0.129 e. The molecule has 0 aliphatic rings. The monoisotopic (exact) mass is 242 g/mol. The van der Waals surface area contributed by atoms with Gasteiger partial charge in [-0.05, 0) is 25.1 Å². The van der Waals surface area contributed by atoms with E-state index in [0.717, 1.165) is 19.7 Å². The Morgan fingerprint density at radius 2 is 2.25 bits per heavy atom. The highest BCUT2D eigenvalue weighted by molar-refractivity contribution is 6.29. The van der Waals surface area contributed by atoms with E-state index in [9.17, 15) is 0 Å². The maximum Gasteiger partial charge on any atom is 0.129 e. The van der Waals surface area contributed by atoms with Crippen LogP contribution in [0.2, 0.25) is 5.15 Å². The fraction of sp³-hybridized carbons (Fsp3) is 0.583. The van der Waals surface area contributed by atoms with Gasteiger partial charge in [0.15, 0.2) is 0 Å². The second-order valence-electron chi connectivity index (χ2n) is 3.86. The van der Waals surface area contributed by atoms with Gasteiger partial charge in [-0.25, -0.2) is 4.98 Å². The number of hydrogen-bond donors (Lipinski definition) is 0. The molecule has 1 atom stereocenters. The van der Waals surface area contributed by atoms with Crippen LogP contribution >= 0.6 is 11.6 Å². The maximum absolute atomic E-state index is 5.75. The van der Waals surface area contributed by atoms with Crippen LogP contribution in [0.1, 0.15) is 19.4 Å². The summed E-state index contributed by atoms with van der Waals surface area (Å²) >= 11 is 5.75. The SMILES string of the molecule is CCN(Cc1ccc(Cl)nc1)C(C)COC. The van der Waals surface area contributed by atoms with Gasteiger partial charge in [0.05, 0.1) is 6.61 Å². The number of likely N-dealkylation sites (N-methyl/N-ethyl adjacent to an activating group) is 1. The van der Waals surface area contributed by atoms with Gasteiger partial charge in [0, 0.05) is 25.9 Å². The van der Waals surface area contributed by atoms with Crippen molar-refractivity contribution < 1.29 is 4.74 Å². The Morgan fingerprint density at radius 1 is 1.50 bits per heavy atom. The summed E-state index contributed by atoms with van der Waals surface area (Å²) in [5.41, 5.74) is 1.18. The number of nitrogens with zero attached hydrogens (tertiary/aromatic N) is 2. The number of ether oxygens (including phenoxy) is 1. The summed E-state index contributed by atoms with van der Waals surface area (Å²) < 4.78 is 5.16. The van der Waals surface area contributed by atoms with Gasteiger partial charge >= 0.3 is 0 Å². The second-order valence-corrected chi connectivity index (χ2v) is 4.24. The van der Waals surface area contributed by atoms with Crippen LogP contribution in [0.5, 0.6) is 0 Å². The summed E-state index contributed by atoms with van der Waals surface area (Å²) in [4.78, 5) is 6.42. The standard InChI is InChI=1S/C12H19ClN2O/c1-4-15(10(2)9-16-3)8-11-5-6-12(13)14-7-11/h5-7,10H,4,8-9H2,1-3H3. The summed E-state index contributed by atoms with van der Waals surface area (Å²) in [6.07, 6.45) is 1.82. The van der Waals surface area contributed by atoms with E-state index >= 15 is 0 Å². The van der Waals surface area contributed by atoms with Crippen LogP contribution < -0.4 is 0 Å². The minimum Gasteiger partial charge on any atom is -0.383 e. The molecule has 1 heterocycles. The molecule has 0 amide bonds. The third-order valence-corrected chi connectivity index (χ3v) is 2.84. The molecule has 0 aliphatic heterocycles. The van der Waals surface area contributed by atoms with Crippen LogP contribution in [-0.4, -0.2) is 36.2 Å². The first-order chi connectivity index (χ1) is 7.67. The molecule has 0 N–H and O–H groups in total. The van der Waals surface area contributed by atoms with Gasteiger partial charge in [-0.3, -0.25) is 4.90 Å². The van der Waals surface area contributed by atoms with E-state index in [1.54, 1.807) is 7.11 Å². The zero-order valence-corrected chi connectivity index (χ0v) is 10.9. The topological polar surface area (TPSA) is 25.4 Å². The average molecular weight is 243 g/mol. The van der Waals surface area contributed by atoms with Gasteiger partial charge in [-0.2, -0.15) is 0 Å². The van der Waals surface area contributed by atoms with Crippen molar-refractivity contribution in [2.75, 3.05) is 20.3 Å². The molecule has 1 aromatic heterocycles. The molecule has 0 spiro atoms. The van der Waals surface area contributed by atoms with Crippen molar-refractivity contribution in [2.45, 2.75) is 26.4 Å². The Labute approximate surface area is 102 Å². The van der Waals surface area contributed by atoms with Gasteiger partial charge in [0.1, 0.15) is 5.15 Å². The number of pyridine rings is 1. The Morgan fingerprint density at radius 3 is 2.75 bits per heavy atom. The van der Waals surface area contributed by atoms with E-state index in [4.69, 9.17) is 16.3 Å². The lowest BCUT2D eigenvalue weighted by molar-refractivity contribution is 0.0981. The number of halogens is 1. The minimum atomic E-state index is 0.408. The molecule has 0 radical (unpaired) electrons. The molecule has 16 heavy (non-hydrogen) atoms. The van der Waals surface area contributed by atoms with Crippen LogP contribution in [0, 0.1) is 0 Å². The van der Waals surface area contributed by atoms with E-state index in [2.05, 4.69) is 23.7 Å². The summed E-state index contributed by atoms with van der Waals surface area (Å²) in [5.74, 6) is 0. The molecule has 0 bridgehead atoms. The number of hydrogen-bond acceptors (Lipinski definition) is 3. The predicted octanol–water partition coefficient (Wildman–Crippen LogP) is 2.59. The lowest BCUT2D eigenvalue weighted by Crippen LogP contribution is -2.35. The third-order valence-electron chi connectivity index (χ3n) is 2.61. The van der Waals surface area contributed by atoms with Crippen LogP contribution in [-0.2, 0) is 11.3 Å². The van der Waals surface area contributed by atoms with Crippen LogP contribution in [0.25, 0.3) is 0 Å². The summed E-state index contributed by atoms with van der Waals surface area (Å²) in [6, 6.07) is 4.24. The summed E-state index contributed by atoms with van der Waals surface area (Å²) in [6.45, 7) is 6.93. The van der Waals surface area contributed by atoms with Crippen molar-refractivity contribution in [3.8, 4) is 0 Å². The largest absolute Gasteiger partial charge is 0.383 e. The van der Waals surface area contributed by atoms with Crippen LogP contribution in [0.4, 0.5) is 0 Å². The minimum absolute atomic E-state index is 0.408. The fourth-order valence-corrected chi connectivity index (χ4v) is 1.77. The van der Waals surface area contributed by atoms with E-state index in [1.165, 1.54) is 5.56 Å². The van der Waals surface area contributed by atoms with Crippen molar-refractivity contribution >= 4 is 11.6 Å².